The second-order valence-electron chi connectivity index (χ2n) is 9.17. The Morgan fingerprint density at radius 1 is 1.00 bits per heavy atom. The molecule has 42 heavy (non-hydrogen) atoms. The highest BCUT2D eigenvalue weighted by molar-refractivity contribution is 6.30. The normalized spacial score (nSPS) is 11.5. The van der Waals surface area contributed by atoms with Crippen molar-refractivity contribution in [2.24, 2.45) is 0 Å². The highest BCUT2D eigenvalue weighted by Gasteiger charge is 2.13. The maximum atomic E-state index is 13.0. The number of carbonyl (C=O) groups is 3. The highest BCUT2D eigenvalue weighted by atomic mass is 35.5. The van der Waals surface area contributed by atoms with Crippen LogP contribution in [-0.4, -0.2) is 62.4 Å². The van der Waals surface area contributed by atoms with Gasteiger partial charge in [0.1, 0.15) is 6.33 Å². The monoisotopic (exact) mass is 588 g/mol. The van der Waals surface area contributed by atoms with Crippen LogP contribution in [0.15, 0.2) is 85.2 Å². The lowest BCUT2D eigenvalue weighted by Crippen LogP contribution is -2.40. The number of nitrogens with one attached hydrogen (secondary N) is 4. The van der Waals surface area contributed by atoms with E-state index < -0.39 is 12.0 Å². The third-order valence-electron chi connectivity index (χ3n) is 5.99. The fourth-order valence-electron chi connectivity index (χ4n) is 4.00. The Kier molecular flexibility index (Phi) is 10.6. The van der Waals surface area contributed by atoms with Crippen LogP contribution in [0.4, 0.5) is 16.2 Å². The number of hydrogen-bond donors (Lipinski definition) is 5. The number of tetrazole rings is 1. The molecule has 0 aliphatic heterocycles. The molecule has 0 saturated heterocycles. The molecule has 5 N–H and O–H groups in total. The predicted octanol–water partition coefficient (Wildman–Crippen LogP) is 3.76. The van der Waals surface area contributed by atoms with Gasteiger partial charge in [0.25, 0.3) is 0 Å². The van der Waals surface area contributed by atoms with Crippen molar-refractivity contribution < 1.29 is 19.5 Å². The second-order valence-corrected chi connectivity index (χ2v) is 9.61. The number of rotatable bonds is 13. The molecule has 1 heterocycles. The average molecular weight is 589 g/mol. The molecule has 0 radical (unpaired) electrons. The van der Waals surface area contributed by atoms with Gasteiger partial charge in [0.15, 0.2) is 0 Å². The SMILES string of the molecule is O=C(O)CCNC(=O)Nc1ccc(NC[C@H](Cc2ccccc2)NC(=O)/C=C/c2cc(Cl)ccc2-n2cnnn2)cc1. The zero-order valence-corrected chi connectivity index (χ0v) is 23.2. The van der Waals surface area contributed by atoms with E-state index in [4.69, 9.17) is 16.7 Å². The summed E-state index contributed by atoms with van der Waals surface area (Å²) in [6, 6.07) is 21.4. The zero-order valence-electron chi connectivity index (χ0n) is 22.4. The summed E-state index contributed by atoms with van der Waals surface area (Å²) in [5.74, 6) is -1.27. The van der Waals surface area contributed by atoms with Crippen LogP contribution in [0.5, 0.6) is 0 Å². The molecule has 0 unspecified atom stereocenters. The Morgan fingerprint density at radius 3 is 2.48 bits per heavy atom. The third-order valence-corrected chi connectivity index (χ3v) is 6.23. The zero-order chi connectivity index (χ0) is 29.7. The van der Waals surface area contributed by atoms with Crippen molar-refractivity contribution in [3.8, 4) is 5.69 Å². The first-order valence-electron chi connectivity index (χ1n) is 13.0. The largest absolute Gasteiger partial charge is 0.481 e. The molecule has 0 bridgehead atoms. The van der Waals surface area contributed by atoms with E-state index >= 15 is 0 Å². The molecule has 4 aromatic rings. The topological polar surface area (TPSA) is 163 Å². The first kappa shape index (κ1) is 29.7. The predicted molar refractivity (Wildman–Crippen MR) is 159 cm³/mol. The number of aromatic nitrogens is 4. The highest BCUT2D eigenvalue weighted by Crippen LogP contribution is 2.20. The summed E-state index contributed by atoms with van der Waals surface area (Å²) in [5.41, 5.74) is 3.76. The lowest BCUT2D eigenvalue weighted by molar-refractivity contribution is -0.136. The number of carboxylic acid groups (broad SMARTS) is 1. The van der Waals surface area contributed by atoms with Crippen molar-refractivity contribution in [1.29, 1.82) is 0 Å². The summed E-state index contributed by atoms with van der Waals surface area (Å²) in [5, 5.41) is 32.0. The number of amides is 3. The summed E-state index contributed by atoms with van der Waals surface area (Å²) < 4.78 is 1.49. The summed E-state index contributed by atoms with van der Waals surface area (Å²) in [6.07, 6.45) is 5.00. The van der Waals surface area contributed by atoms with Crippen molar-refractivity contribution in [3.05, 3.63) is 101 Å². The van der Waals surface area contributed by atoms with Crippen LogP contribution >= 0.6 is 11.6 Å². The van der Waals surface area contributed by atoms with Crippen molar-refractivity contribution in [1.82, 2.24) is 30.8 Å². The summed E-state index contributed by atoms with van der Waals surface area (Å²) >= 11 is 6.19. The van der Waals surface area contributed by atoms with E-state index in [1.54, 1.807) is 48.5 Å². The van der Waals surface area contributed by atoms with E-state index in [9.17, 15) is 14.4 Å². The number of carboxylic acids is 1. The number of hydrogen-bond acceptors (Lipinski definition) is 7. The summed E-state index contributed by atoms with van der Waals surface area (Å²) in [7, 11) is 0. The first-order chi connectivity index (χ1) is 20.4. The molecular weight excluding hydrogens is 560 g/mol. The second kappa shape index (κ2) is 15.0. The molecule has 0 spiro atoms. The Labute approximate surface area is 246 Å². The Hall–Kier alpha value is -5.23. The van der Waals surface area contributed by atoms with Crippen molar-refractivity contribution >= 4 is 47.0 Å². The van der Waals surface area contributed by atoms with Gasteiger partial charge in [-0.2, -0.15) is 4.68 Å². The van der Waals surface area contributed by atoms with Gasteiger partial charge in [0, 0.05) is 41.1 Å². The fraction of sp³-hybridized carbons (Fsp3) is 0.172. The molecule has 3 amide bonds. The molecule has 0 fully saturated rings. The van der Waals surface area contributed by atoms with Crippen LogP contribution in [-0.2, 0) is 16.0 Å². The standard InChI is InChI=1S/C29H29ClN8O4/c30-22-7-12-26(38-19-33-36-37-38)21(17-22)6-13-27(39)34-25(16-20-4-2-1-3-5-20)18-32-23-8-10-24(11-9-23)35-29(42)31-15-14-28(40)41/h1-13,17,19,25,32H,14-16,18H2,(H,34,39)(H,40,41)(H2,31,35,42)/b13-6+/t25-/m0/s1. The Morgan fingerprint density at radius 2 is 1.76 bits per heavy atom. The van der Waals surface area contributed by atoms with E-state index in [0.29, 0.717) is 34.9 Å². The van der Waals surface area contributed by atoms with Gasteiger partial charge < -0.3 is 26.4 Å². The van der Waals surface area contributed by atoms with Crippen LogP contribution in [0, 0.1) is 0 Å². The first-order valence-corrected chi connectivity index (χ1v) is 13.4. The molecule has 13 heteroatoms. The van der Waals surface area contributed by atoms with Crippen molar-refractivity contribution in [2.75, 3.05) is 23.7 Å². The van der Waals surface area contributed by atoms with Crippen molar-refractivity contribution in [2.45, 2.75) is 18.9 Å². The molecule has 1 aromatic heterocycles. The van der Waals surface area contributed by atoms with Gasteiger partial charge in [0.05, 0.1) is 18.2 Å². The number of halogens is 1. The lowest BCUT2D eigenvalue weighted by atomic mass is 10.1. The molecule has 1 atom stereocenters. The van der Waals surface area contributed by atoms with E-state index in [1.165, 1.54) is 17.1 Å². The quantitative estimate of drug-likeness (QED) is 0.147. The number of benzene rings is 3. The van der Waals surface area contributed by atoms with E-state index in [0.717, 1.165) is 11.3 Å². The Bertz CT molecular complexity index is 1510. The van der Waals surface area contributed by atoms with Crippen LogP contribution in [0.2, 0.25) is 5.02 Å². The lowest BCUT2D eigenvalue weighted by Gasteiger charge is -2.20. The third kappa shape index (κ3) is 9.45. The van der Waals surface area contributed by atoms with Gasteiger partial charge in [-0.25, -0.2) is 4.79 Å². The minimum atomic E-state index is -0.986. The average Bonchev–Trinajstić information content (AvgIpc) is 3.51. The van der Waals surface area contributed by atoms with Gasteiger partial charge in [-0.15, -0.1) is 5.10 Å². The summed E-state index contributed by atoms with van der Waals surface area (Å²) in [4.78, 5) is 35.5. The van der Waals surface area contributed by atoms with Gasteiger partial charge in [-0.1, -0.05) is 41.9 Å². The van der Waals surface area contributed by atoms with E-state index in [-0.39, 0.29) is 24.9 Å². The maximum Gasteiger partial charge on any atom is 0.319 e. The summed E-state index contributed by atoms with van der Waals surface area (Å²) in [6.45, 7) is 0.466. The van der Waals surface area contributed by atoms with Gasteiger partial charge in [-0.05, 0) is 71.0 Å². The molecule has 12 nitrogen and oxygen atoms in total. The van der Waals surface area contributed by atoms with Crippen molar-refractivity contribution in [3.63, 3.8) is 0 Å². The molecule has 216 valence electrons. The smallest absolute Gasteiger partial charge is 0.319 e. The number of anilines is 2. The fourth-order valence-corrected chi connectivity index (χ4v) is 4.18. The van der Waals surface area contributed by atoms with Gasteiger partial charge in [0.2, 0.25) is 5.91 Å². The van der Waals surface area contributed by atoms with Crippen LogP contribution in [0.1, 0.15) is 17.5 Å². The molecular formula is C29H29ClN8O4. The minimum absolute atomic E-state index is 0.0318. The van der Waals surface area contributed by atoms with Crippen LogP contribution in [0.3, 0.4) is 0 Å². The number of carbonyl (C=O) groups excluding carboxylic acids is 2. The minimum Gasteiger partial charge on any atom is -0.481 e. The molecule has 0 saturated carbocycles. The maximum absolute atomic E-state index is 13.0. The van der Waals surface area contributed by atoms with Gasteiger partial charge in [-0.3, -0.25) is 9.59 Å². The molecule has 0 aliphatic carbocycles. The van der Waals surface area contributed by atoms with E-state index in [1.807, 2.05) is 30.3 Å². The van der Waals surface area contributed by atoms with Crippen LogP contribution in [0.25, 0.3) is 11.8 Å². The number of urea groups is 1. The molecule has 4 rings (SSSR count). The van der Waals surface area contributed by atoms with Gasteiger partial charge >= 0.3 is 12.0 Å². The Balaban J connectivity index is 1.38. The molecule has 0 aliphatic rings. The van der Waals surface area contributed by atoms with E-state index in [2.05, 4.69) is 36.8 Å². The number of aliphatic carboxylic acids is 1. The number of nitrogens with zero attached hydrogens (tertiary/aromatic N) is 4. The molecule has 3 aromatic carbocycles. The van der Waals surface area contributed by atoms with Crippen LogP contribution < -0.4 is 21.3 Å².